The predicted octanol–water partition coefficient (Wildman–Crippen LogP) is 1.80. The number of rotatable bonds is 3. The van der Waals surface area contributed by atoms with Gasteiger partial charge in [-0.25, -0.2) is 0 Å². The molecule has 1 fully saturated rings. The SMILES string of the molecule is C[C@H]1CN(C(=O)Cn2ccc(-c3ccccc3)n2)CCO1. The lowest BCUT2D eigenvalue weighted by atomic mass is 10.2. The predicted molar refractivity (Wildman–Crippen MR) is 79.7 cm³/mol. The van der Waals surface area contributed by atoms with E-state index in [2.05, 4.69) is 5.10 Å². The van der Waals surface area contributed by atoms with Crippen molar-refractivity contribution in [2.75, 3.05) is 19.7 Å². The van der Waals surface area contributed by atoms with Crippen LogP contribution in [0, 0.1) is 0 Å². The lowest BCUT2D eigenvalue weighted by Gasteiger charge is -2.31. The standard InChI is InChI=1S/C16H19N3O2/c1-13-11-18(9-10-21-13)16(20)12-19-8-7-15(17-19)14-5-3-2-4-6-14/h2-8,13H,9-12H2,1H3/t13-/m0/s1. The topological polar surface area (TPSA) is 47.4 Å². The van der Waals surface area contributed by atoms with Gasteiger partial charge in [0.1, 0.15) is 6.54 Å². The van der Waals surface area contributed by atoms with Gasteiger partial charge in [0, 0.05) is 24.8 Å². The van der Waals surface area contributed by atoms with E-state index < -0.39 is 0 Å². The molecule has 0 unspecified atom stereocenters. The molecule has 1 aliphatic rings. The van der Waals surface area contributed by atoms with Gasteiger partial charge in [0.05, 0.1) is 18.4 Å². The van der Waals surface area contributed by atoms with E-state index in [1.165, 1.54) is 0 Å². The number of hydrogen-bond donors (Lipinski definition) is 0. The van der Waals surface area contributed by atoms with E-state index in [-0.39, 0.29) is 18.6 Å². The summed E-state index contributed by atoms with van der Waals surface area (Å²) in [5.74, 6) is 0.0906. The summed E-state index contributed by atoms with van der Waals surface area (Å²) in [6, 6.07) is 11.9. The van der Waals surface area contributed by atoms with E-state index in [0.717, 1.165) is 11.3 Å². The summed E-state index contributed by atoms with van der Waals surface area (Å²) in [5, 5.41) is 4.47. The van der Waals surface area contributed by atoms with Crippen molar-refractivity contribution in [3.8, 4) is 11.3 Å². The Morgan fingerprint density at radius 1 is 1.33 bits per heavy atom. The Kier molecular flexibility index (Phi) is 4.01. The lowest BCUT2D eigenvalue weighted by Crippen LogP contribution is -2.45. The van der Waals surface area contributed by atoms with Crippen LogP contribution in [0.5, 0.6) is 0 Å². The maximum absolute atomic E-state index is 12.3. The molecule has 21 heavy (non-hydrogen) atoms. The fourth-order valence-corrected chi connectivity index (χ4v) is 2.50. The molecular weight excluding hydrogens is 266 g/mol. The van der Waals surface area contributed by atoms with Crippen molar-refractivity contribution in [3.63, 3.8) is 0 Å². The van der Waals surface area contributed by atoms with Crippen molar-refractivity contribution in [2.45, 2.75) is 19.6 Å². The minimum atomic E-state index is 0.0906. The van der Waals surface area contributed by atoms with Crippen molar-refractivity contribution in [2.24, 2.45) is 0 Å². The Labute approximate surface area is 124 Å². The number of ether oxygens (including phenoxy) is 1. The Balaban J connectivity index is 1.66. The van der Waals surface area contributed by atoms with Crippen LogP contribution in [-0.2, 0) is 16.1 Å². The average Bonchev–Trinajstić information content (AvgIpc) is 2.97. The summed E-state index contributed by atoms with van der Waals surface area (Å²) in [5.41, 5.74) is 1.95. The Bertz CT molecular complexity index is 609. The number of nitrogens with zero attached hydrogens (tertiary/aromatic N) is 3. The Hall–Kier alpha value is -2.14. The van der Waals surface area contributed by atoms with Crippen LogP contribution in [0.15, 0.2) is 42.6 Å². The summed E-state index contributed by atoms with van der Waals surface area (Å²) >= 11 is 0. The highest BCUT2D eigenvalue weighted by Gasteiger charge is 2.21. The minimum absolute atomic E-state index is 0.0906. The molecule has 0 N–H and O–H groups in total. The first kappa shape index (κ1) is 13.8. The molecule has 2 heterocycles. The van der Waals surface area contributed by atoms with E-state index in [1.54, 1.807) is 4.68 Å². The van der Waals surface area contributed by atoms with Crippen LogP contribution in [-0.4, -0.2) is 46.4 Å². The summed E-state index contributed by atoms with van der Waals surface area (Å²) in [6.07, 6.45) is 1.96. The van der Waals surface area contributed by atoms with Crippen molar-refractivity contribution >= 4 is 5.91 Å². The van der Waals surface area contributed by atoms with Crippen LogP contribution < -0.4 is 0 Å². The molecule has 1 aliphatic heterocycles. The van der Waals surface area contributed by atoms with Crippen LogP contribution in [0.2, 0.25) is 0 Å². The number of hydrogen-bond acceptors (Lipinski definition) is 3. The highest BCUT2D eigenvalue weighted by Crippen LogP contribution is 2.16. The van der Waals surface area contributed by atoms with Gasteiger partial charge in [-0.15, -0.1) is 0 Å². The average molecular weight is 285 g/mol. The first-order valence-electron chi connectivity index (χ1n) is 7.20. The third-order valence-electron chi connectivity index (χ3n) is 3.60. The largest absolute Gasteiger partial charge is 0.375 e. The fourth-order valence-electron chi connectivity index (χ4n) is 2.50. The third-order valence-corrected chi connectivity index (χ3v) is 3.60. The molecule has 0 spiro atoms. The van der Waals surface area contributed by atoms with Gasteiger partial charge < -0.3 is 9.64 Å². The van der Waals surface area contributed by atoms with Crippen LogP contribution in [0.1, 0.15) is 6.92 Å². The molecule has 5 heteroatoms. The van der Waals surface area contributed by atoms with Crippen molar-refractivity contribution < 1.29 is 9.53 Å². The summed E-state index contributed by atoms with van der Waals surface area (Å²) < 4.78 is 7.15. The Morgan fingerprint density at radius 2 is 2.14 bits per heavy atom. The molecule has 0 radical (unpaired) electrons. The molecule has 1 amide bonds. The zero-order valence-electron chi connectivity index (χ0n) is 12.1. The van der Waals surface area contributed by atoms with Crippen LogP contribution in [0.3, 0.4) is 0 Å². The van der Waals surface area contributed by atoms with Gasteiger partial charge in [0.25, 0.3) is 0 Å². The second-order valence-corrected chi connectivity index (χ2v) is 5.29. The smallest absolute Gasteiger partial charge is 0.244 e. The number of aromatic nitrogens is 2. The zero-order chi connectivity index (χ0) is 14.7. The summed E-state index contributed by atoms with van der Waals surface area (Å²) in [4.78, 5) is 14.1. The highest BCUT2D eigenvalue weighted by atomic mass is 16.5. The first-order valence-corrected chi connectivity index (χ1v) is 7.20. The molecule has 5 nitrogen and oxygen atoms in total. The molecule has 0 aliphatic carbocycles. The van der Waals surface area contributed by atoms with Gasteiger partial charge in [0.15, 0.2) is 0 Å². The van der Waals surface area contributed by atoms with E-state index in [4.69, 9.17) is 4.74 Å². The van der Waals surface area contributed by atoms with Crippen LogP contribution >= 0.6 is 0 Å². The molecule has 2 aromatic rings. The molecule has 3 rings (SSSR count). The van der Waals surface area contributed by atoms with E-state index >= 15 is 0 Å². The molecule has 1 atom stereocenters. The van der Waals surface area contributed by atoms with Crippen molar-refractivity contribution in [1.82, 2.24) is 14.7 Å². The fraction of sp³-hybridized carbons (Fsp3) is 0.375. The first-order chi connectivity index (χ1) is 10.2. The third kappa shape index (κ3) is 3.31. The summed E-state index contributed by atoms with van der Waals surface area (Å²) in [6.45, 7) is 4.20. The molecule has 0 saturated carbocycles. The molecular formula is C16H19N3O2. The van der Waals surface area contributed by atoms with Gasteiger partial charge in [-0.05, 0) is 13.0 Å². The van der Waals surface area contributed by atoms with Gasteiger partial charge >= 0.3 is 0 Å². The lowest BCUT2D eigenvalue weighted by molar-refractivity contribution is -0.138. The molecule has 1 saturated heterocycles. The number of carbonyl (C=O) groups is 1. The summed E-state index contributed by atoms with van der Waals surface area (Å²) in [7, 11) is 0. The second kappa shape index (κ2) is 6.10. The number of benzene rings is 1. The van der Waals surface area contributed by atoms with E-state index in [0.29, 0.717) is 19.7 Å². The quantitative estimate of drug-likeness (QED) is 0.864. The minimum Gasteiger partial charge on any atom is -0.375 e. The zero-order valence-corrected chi connectivity index (χ0v) is 12.1. The highest BCUT2D eigenvalue weighted by molar-refractivity contribution is 5.76. The maximum Gasteiger partial charge on any atom is 0.244 e. The number of amides is 1. The van der Waals surface area contributed by atoms with Crippen molar-refractivity contribution in [3.05, 3.63) is 42.6 Å². The van der Waals surface area contributed by atoms with Gasteiger partial charge in [0.2, 0.25) is 5.91 Å². The van der Waals surface area contributed by atoms with E-state index in [9.17, 15) is 4.79 Å². The van der Waals surface area contributed by atoms with Crippen molar-refractivity contribution in [1.29, 1.82) is 0 Å². The monoisotopic (exact) mass is 285 g/mol. The molecule has 1 aromatic heterocycles. The molecule has 110 valence electrons. The van der Waals surface area contributed by atoms with Crippen LogP contribution in [0.25, 0.3) is 11.3 Å². The Morgan fingerprint density at radius 3 is 2.90 bits per heavy atom. The van der Waals surface area contributed by atoms with Gasteiger partial charge in [-0.2, -0.15) is 5.10 Å². The number of morpholine rings is 1. The van der Waals surface area contributed by atoms with Gasteiger partial charge in [-0.1, -0.05) is 30.3 Å². The van der Waals surface area contributed by atoms with E-state index in [1.807, 2.05) is 54.4 Å². The maximum atomic E-state index is 12.3. The number of carbonyl (C=O) groups excluding carboxylic acids is 1. The van der Waals surface area contributed by atoms with Crippen LogP contribution in [0.4, 0.5) is 0 Å². The normalized spacial score (nSPS) is 18.7. The molecule has 0 bridgehead atoms. The van der Waals surface area contributed by atoms with Gasteiger partial charge in [-0.3, -0.25) is 9.48 Å². The molecule has 1 aromatic carbocycles. The second-order valence-electron chi connectivity index (χ2n) is 5.29.